The van der Waals surface area contributed by atoms with Gasteiger partial charge in [-0.1, -0.05) is 18.2 Å². The molecule has 3 rings (SSSR count). The van der Waals surface area contributed by atoms with Crippen LogP contribution in [0.1, 0.15) is 15.9 Å². The van der Waals surface area contributed by atoms with Gasteiger partial charge in [-0.05, 0) is 11.6 Å². The van der Waals surface area contributed by atoms with Gasteiger partial charge in [0.2, 0.25) is 0 Å². The summed E-state index contributed by atoms with van der Waals surface area (Å²) in [6.45, 7) is 1.80. The number of carbonyl (C=O) groups is 2. The third kappa shape index (κ3) is 2.42. The number of fused-ring (bicyclic) bond motifs is 1. The van der Waals surface area contributed by atoms with Crippen LogP contribution in [0.3, 0.4) is 0 Å². The standard InChI is InChI=1S/C15H15N3O3/c16-6-5-11-3-1-2-4-13(11)14(19)17-7-8-18-12(9-17)10-21-15(18)20/h1-4,12H,5,7-10H2. The number of piperazine rings is 1. The van der Waals surface area contributed by atoms with Crippen molar-refractivity contribution in [3.05, 3.63) is 35.4 Å². The highest BCUT2D eigenvalue weighted by Gasteiger charge is 2.39. The number of ether oxygens (including phenoxy) is 1. The van der Waals surface area contributed by atoms with Crippen LogP contribution < -0.4 is 0 Å². The van der Waals surface area contributed by atoms with E-state index in [4.69, 9.17) is 10.00 Å². The minimum Gasteiger partial charge on any atom is -0.447 e. The fraction of sp³-hybridized carbons (Fsp3) is 0.400. The lowest BCUT2D eigenvalue weighted by atomic mass is 10.0. The largest absolute Gasteiger partial charge is 0.447 e. The van der Waals surface area contributed by atoms with E-state index in [9.17, 15) is 9.59 Å². The summed E-state index contributed by atoms with van der Waals surface area (Å²) in [6.07, 6.45) is -0.0793. The molecule has 2 aliphatic rings. The second-order valence-corrected chi connectivity index (χ2v) is 5.17. The highest BCUT2D eigenvalue weighted by molar-refractivity contribution is 5.96. The van der Waals surface area contributed by atoms with E-state index in [0.717, 1.165) is 5.56 Å². The van der Waals surface area contributed by atoms with Gasteiger partial charge in [-0.2, -0.15) is 5.26 Å². The van der Waals surface area contributed by atoms with E-state index in [1.807, 2.05) is 6.07 Å². The van der Waals surface area contributed by atoms with Crippen LogP contribution in [-0.2, 0) is 11.2 Å². The van der Waals surface area contributed by atoms with Gasteiger partial charge in [0.15, 0.2) is 0 Å². The average molecular weight is 285 g/mol. The number of nitrogens with zero attached hydrogens (tertiary/aromatic N) is 3. The lowest BCUT2D eigenvalue weighted by Gasteiger charge is -2.35. The molecule has 0 saturated carbocycles. The Morgan fingerprint density at radius 3 is 3.00 bits per heavy atom. The normalized spacial score (nSPS) is 20.7. The molecule has 0 bridgehead atoms. The summed E-state index contributed by atoms with van der Waals surface area (Å²) in [7, 11) is 0. The van der Waals surface area contributed by atoms with Crippen LogP contribution in [0.4, 0.5) is 4.79 Å². The first kappa shape index (κ1) is 13.4. The Labute approximate surface area is 122 Å². The smallest absolute Gasteiger partial charge is 0.410 e. The molecular formula is C15H15N3O3. The van der Waals surface area contributed by atoms with E-state index >= 15 is 0 Å². The first-order chi connectivity index (χ1) is 10.2. The number of amides is 2. The van der Waals surface area contributed by atoms with Crippen molar-refractivity contribution in [3.63, 3.8) is 0 Å². The fourth-order valence-corrected chi connectivity index (χ4v) is 2.81. The number of benzene rings is 1. The molecule has 1 aromatic carbocycles. The second kappa shape index (κ2) is 5.44. The fourth-order valence-electron chi connectivity index (χ4n) is 2.81. The monoisotopic (exact) mass is 285 g/mol. The molecule has 1 aromatic rings. The number of cyclic esters (lactones) is 1. The zero-order chi connectivity index (χ0) is 14.8. The van der Waals surface area contributed by atoms with E-state index in [-0.39, 0.29) is 24.5 Å². The van der Waals surface area contributed by atoms with Crippen molar-refractivity contribution in [2.75, 3.05) is 26.2 Å². The van der Waals surface area contributed by atoms with E-state index < -0.39 is 0 Å². The first-order valence-corrected chi connectivity index (χ1v) is 6.88. The molecule has 0 spiro atoms. The summed E-state index contributed by atoms with van der Waals surface area (Å²) in [6, 6.07) is 9.19. The number of hydrogen-bond donors (Lipinski definition) is 0. The molecular weight excluding hydrogens is 270 g/mol. The lowest BCUT2D eigenvalue weighted by molar-refractivity contribution is 0.0616. The summed E-state index contributed by atoms with van der Waals surface area (Å²) < 4.78 is 5.00. The molecule has 2 fully saturated rings. The summed E-state index contributed by atoms with van der Waals surface area (Å²) in [5.41, 5.74) is 1.31. The van der Waals surface area contributed by atoms with Crippen LogP contribution in [0.25, 0.3) is 0 Å². The van der Waals surface area contributed by atoms with E-state index in [1.54, 1.807) is 28.0 Å². The van der Waals surface area contributed by atoms with E-state index in [1.165, 1.54) is 0 Å². The SMILES string of the molecule is N#CCc1ccccc1C(=O)N1CCN2C(=O)OCC2C1. The van der Waals surface area contributed by atoms with Crippen LogP contribution >= 0.6 is 0 Å². The highest BCUT2D eigenvalue weighted by Crippen LogP contribution is 2.20. The van der Waals surface area contributed by atoms with Crippen molar-refractivity contribution in [1.82, 2.24) is 9.80 Å². The maximum Gasteiger partial charge on any atom is 0.410 e. The molecule has 0 N–H and O–H groups in total. The van der Waals surface area contributed by atoms with Crippen molar-refractivity contribution in [2.24, 2.45) is 0 Å². The van der Waals surface area contributed by atoms with Gasteiger partial charge in [-0.25, -0.2) is 4.79 Å². The molecule has 6 heteroatoms. The molecule has 0 aliphatic carbocycles. The quantitative estimate of drug-likeness (QED) is 0.813. The molecule has 1 unspecified atom stereocenters. The van der Waals surface area contributed by atoms with E-state index in [0.29, 0.717) is 31.8 Å². The lowest BCUT2D eigenvalue weighted by Crippen LogP contribution is -2.53. The Morgan fingerprint density at radius 2 is 2.19 bits per heavy atom. The summed E-state index contributed by atoms with van der Waals surface area (Å²) in [4.78, 5) is 27.5. The second-order valence-electron chi connectivity index (χ2n) is 5.17. The summed E-state index contributed by atoms with van der Waals surface area (Å²) in [5, 5.41) is 8.85. The van der Waals surface area contributed by atoms with Gasteiger partial charge in [0.25, 0.3) is 5.91 Å². The minimum atomic E-state index is -0.294. The molecule has 21 heavy (non-hydrogen) atoms. The summed E-state index contributed by atoms with van der Waals surface area (Å²) >= 11 is 0. The zero-order valence-corrected chi connectivity index (χ0v) is 11.5. The molecule has 108 valence electrons. The third-order valence-corrected chi connectivity index (χ3v) is 3.92. The molecule has 6 nitrogen and oxygen atoms in total. The van der Waals surface area contributed by atoms with Crippen molar-refractivity contribution >= 4 is 12.0 Å². The Morgan fingerprint density at radius 1 is 1.38 bits per heavy atom. The van der Waals surface area contributed by atoms with E-state index in [2.05, 4.69) is 6.07 Å². The molecule has 2 heterocycles. The van der Waals surface area contributed by atoms with Crippen LogP contribution in [0.2, 0.25) is 0 Å². The van der Waals surface area contributed by atoms with Gasteiger partial charge >= 0.3 is 6.09 Å². The third-order valence-electron chi connectivity index (χ3n) is 3.92. The van der Waals surface area contributed by atoms with Crippen molar-refractivity contribution < 1.29 is 14.3 Å². The van der Waals surface area contributed by atoms with Crippen LogP contribution in [0, 0.1) is 11.3 Å². The average Bonchev–Trinajstić information content (AvgIpc) is 2.88. The molecule has 0 radical (unpaired) electrons. The van der Waals surface area contributed by atoms with Crippen molar-refractivity contribution in [1.29, 1.82) is 5.26 Å². The topological polar surface area (TPSA) is 73.6 Å². The maximum absolute atomic E-state index is 12.6. The maximum atomic E-state index is 12.6. The minimum absolute atomic E-state index is 0.0571. The van der Waals surface area contributed by atoms with Crippen LogP contribution in [0.15, 0.2) is 24.3 Å². The van der Waals surface area contributed by atoms with Crippen molar-refractivity contribution in [3.8, 4) is 6.07 Å². The highest BCUT2D eigenvalue weighted by atomic mass is 16.6. The molecule has 0 aromatic heterocycles. The molecule has 2 aliphatic heterocycles. The molecule has 1 atom stereocenters. The molecule has 2 amide bonds. The van der Waals surface area contributed by atoms with Gasteiger partial charge < -0.3 is 9.64 Å². The number of carbonyl (C=O) groups excluding carboxylic acids is 2. The van der Waals surface area contributed by atoms with Gasteiger partial charge in [-0.3, -0.25) is 9.69 Å². The number of nitriles is 1. The zero-order valence-electron chi connectivity index (χ0n) is 11.5. The predicted octanol–water partition coefficient (Wildman–Crippen LogP) is 1.03. The summed E-state index contributed by atoms with van der Waals surface area (Å²) in [5.74, 6) is -0.0835. The Kier molecular flexibility index (Phi) is 3.48. The van der Waals surface area contributed by atoms with Crippen LogP contribution in [-0.4, -0.2) is 54.1 Å². The predicted molar refractivity (Wildman–Crippen MR) is 73.5 cm³/mol. The number of hydrogen-bond acceptors (Lipinski definition) is 4. The van der Waals surface area contributed by atoms with Crippen LogP contribution in [0.5, 0.6) is 0 Å². The van der Waals surface area contributed by atoms with Gasteiger partial charge in [0.05, 0.1) is 18.5 Å². The Hall–Kier alpha value is -2.55. The molecule has 2 saturated heterocycles. The Balaban J connectivity index is 1.78. The number of rotatable bonds is 2. The van der Waals surface area contributed by atoms with Gasteiger partial charge in [0.1, 0.15) is 6.61 Å². The van der Waals surface area contributed by atoms with Crippen molar-refractivity contribution in [2.45, 2.75) is 12.5 Å². The van der Waals surface area contributed by atoms with Gasteiger partial charge in [0, 0.05) is 25.2 Å². The first-order valence-electron chi connectivity index (χ1n) is 6.88. The Bertz CT molecular complexity index is 623. The van der Waals surface area contributed by atoms with Gasteiger partial charge in [-0.15, -0.1) is 0 Å².